The fourth-order valence-electron chi connectivity index (χ4n) is 2.46. The molecule has 1 aromatic heterocycles. The van der Waals surface area contributed by atoms with Gasteiger partial charge in [-0.25, -0.2) is 4.39 Å². The summed E-state index contributed by atoms with van der Waals surface area (Å²) < 4.78 is 18.1. The van der Waals surface area contributed by atoms with Crippen molar-refractivity contribution in [2.75, 3.05) is 5.32 Å². The van der Waals surface area contributed by atoms with Crippen molar-refractivity contribution in [3.8, 4) is 0 Å². The van der Waals surface area contributed by atoms with E-state index in [-0.39, 0.29) is 11.7 Å². The third-order valence-corrected chi connectivity index (χ3v) is 3.63. The van der Waals surface area contributed by atoms with Crippen molar-refractivity contribution in [1.82, 2.24) is 5.16 Å². The molecule has 0 spiro atoms. The minimum Gasteiger partial charge on any atom is -0.338 e. The van der Waals surface area contributed by atoms with E-state index in [1.165, 1.54) is 24.3 Å². The van der Waals surface area contributed by atoms with Crippen molar-refractivity contribution in [1.29, 1.82) is 0 Å². The molecule has 104 valence electrons. The molecule has 4 nitrogen and oxygen atoms in total. The summed E-state index contributed by atoms with van der Waals surface area (Å²) in [5.74, 6) is 0.291. The highest BCUT2D eigenvalue weighted by Gasteiger charge is 2.24. The van der Waals surface area contributed by atoms with Crippen LogP contribution in [-0.4, -0.2) is 11.1 Å². The molecular weight excluding hydrogens is 259 g/mol. The lowest BCUT2D eigenvalue weighted by molar-refractivity contribution is 0.102. The molecule has 3 rings (SSSR count). The van der Waals surface area contributed by atoms with Crippen molar-refractivity contribution in [3.05, 3.63) is 46.9 Å². The van der Waals surface area contributed by atoms with Crippen molar-refractivity contribution in [2.45, 2.75) is 26.2 Å². The standard InChI is InChI=1S/C15H15FN2O2/c1-9-2-7-13-12(8-9)15(20-18-13)17-14(19)10-3-5-11(16)6-4-10/h3-6,9H,2,7-8H2,1H3,(H,17,19)/t9-/m1/s1. The Morgan fingerprint density at radius 3 is 2.90 bits per heavy atom. The molecule has 1 aliphatic rings. The van der Waals surface area contributed by atoms with Gasteiger partial charge in [-0.2, -0.15) is 0 Å². The monoisotopic (exact) mass is 274 g/mol. The second-order valence-electron chi connectivity index (χ2n) is 5.25. The normalized spacial score (nSPS) is 17.6. The molecule has 1 amide bonds. The maximum atomic E-state index is 12.8. The highest BCUT2D eigenvalue weighted by atomic mass is 19.1. The van der Waals surface area contributed by atoms with E-state index in [1.54, 1.807) is 0 Å². The Bertz CT molecular complexity index is 634. The summed E-state index contributed by atoms with van der Waals surface area (Å²) >= 11 is 0. The first-order valence-electron chi connectivity index (χ1n) is 6.68. The van der Waals surface area contributed by atoms with Gasteiger partial charge in [-0.05, 0) is 49.4 Å². The molecule has 1 atom stereocenters. The zero-order chi connectivity index (χ0) is 14.1. The number of nitrogens with zero attached hydrogens (tertiary/aromatic N) is 1. The van der Waals surface area contributed by atoms with Crippen LogP contribution in [0.4, 0.5) is 10.3 Å². The lowest BCUT2D eigenvalue weighted by Crippen LogP contribution is -2.15. The Balaban J connectivity index is 1.80. The number of rotatable bonds is 2. The van der Waals surface area contributed by atoms with E-state index in [0.29, 0.717) is 17.4 Å². The van der Waals surface area contributed by atoms with Gasteiger partial charge in [-0.3, -0.25) is 10.1 Å². The lowest BCUT2D eigenvalue weighted by Gasteiger charge is -2.16. The van der Waals surface area contributed by atoms with E-state index in [4.69, 9.17) is 4.52 Å². The van der Waals surface area contributed by atoms with Crippen LogP contribution in [0.15, 0.2) is 28.8 Å². The second kappa shape index (κ2) is 5.07. The molecule has 1 aliphatic carbocycles. The van der Waals surface area contributed by atoms with Crippen LogP contribution in [0.2, 0.25) is 0 Å². The minimum absolute atomic E-state index is 0.317. The van der Waals surface area contributed by atoms with Crippen LogP contribution in [0, 0.1) is 11.7 Å². The van der Waals surface area contributed by atoms with Gasteiger partial charge < -0.3 is 4.52 Å². The van der Waals surface area contributed by atoms with Gasteiger partial charge in [0.25, 0.3) is 5.91 Å². The van der Waals surface area contributed by atoms with Crippen LogP contribution in [0.5, 0.6) is 0 Å². The molecule has 0 saturated heterocycles. The average Bonchev–Trinajstić information content (AvgIpc) is 2.82. The molecule has 0 saturated carbocycles. The molecule has 0 fully saturated rings. The first-order chi connectivity index (χ1) is 9.63. The van der Waals surface area contributed by atoms with E-state index in [2.05, 4.69) is 17.4 Å². The maximum Gasteiger partial charge on any atom is 0.258 e. The van der Waals surface area contributed by atoms with E-state index in [1.807, 2.05) is 0 Å². The van der Waals surface area contributed by atoms with E-state index in [0.717, 1.165) is 30.5 Å². The Labute approximate surface area is 116 Å². The molecule has 0 bridgehead atoms. The Hall–Kier alpha value is -2.17. The van der Waals surface area contributed by atoms with Crippen molar-refractivity contribution in [3.63, 3.8) is 0 Å². The molecule has 2 aromatic rings. The zero-order valence-electron chi connectivity index (χ0n) is 11.1. The van der Waals surface area contributed by atoms with Crippen LogP contribution < -0.4 is 5.32 Å². The third-order valence-electron chi connectivity index (χ3n) is 3.63. The molecular formula is C15H15FN2O2. The van der Waals surface area contributed by atoms with Crippen molar-refractivity contribution >= 4 is 11.8 Å². The number of carbonyl (C=O) groups is 1. The van der Waals surface area contributed by atoms with Crippen LogP contribution >= 0.6 is 0 Å². The molecule has 1 aromatic carbocycles. The van der Waals surface area contributed by atoms with Gasteiger partial charge in [0.1, 0.15) is 5.82 Å². The molecule has 1 heterocycles. The molecule has 1 N–H and O–H groups in total. The summed E-state index contributed by atoms with van der Waals surface area (Å²) in [6.45, 7) is 2.17. The number of anilines is 1. The van der Waals surface area contributed by atoms with Gasteiger partial charge in [0.05, 0.1) is 5.69 Å². The van der Waals surface area contributed by atoms with Crippen LogP contribution in [0.1, 0.15) is 35.0 Å². The van der Waals surface area contributed by atoms with E-state index >= 15 is 0 Å². The fourth-order valence-corrected chi connectivity index (χ4v) is 2.46. The highest BCUT2D eigenvalue weighted by Crippen LogP contribution is 2.30. The van der Waals surface area contributed by atoms with Crippen LogP contribution in [0.3, 0.4) is 0 Å². The molecule has 0 aliphatic heterocycles. The van der Waals surface area contributed by atoms with Gasteiger partial charge >= 0.3 is 0 Å². The Morgan fingerprint density at radius 1 is 1.40 bits per heavy atom. The van der Waals surface area contributed by atoms with Gasteiger partial charge in [0.15, 0.2) is 0 Å². The predicted octanol–water partition coefficient (Wildman–Crippen LogP) is 3.19. The topological polar surface area (TPSA) is 55.1 Å². The van der Waals surface area contributed by atoms with Crippen LogP contribution in [0.25, 0.3) is 0 Å². The zero-order valence-corrected chi connectivity index (χ0v) is 11.1. The van der Waals surface area contributed by atoms with E-state index < -0.39 is 0 Å². The quantitative estimate of drug-likeness (QED) is 0.915. The number of amides is 1. The molecule has 0 unspecified atom stereocenters. The Morgan fingerprint density at radius 2 is 2.15 bits per heavy atom. The van der Waals surface area contributed by atoms with Gasteiger partial charge in [-0.1, -0.05) is 12.1 Å². The summed E-state index contributed by atoms with van der Waals surface area (Å²) in [5.41, 5.74) is 2.30. The number of aryl methyl sites for hydroxylation is 1. The fraction of sp³-hybridized carbons (Fsp3) is 0.333. The van der Waals surface area contributed by atoms with Crippen molar-refractivity contribution in [2.24, 2.45) is 5.92 Å². The number of hydrogen-bond acceptors (Lipinski definition) is 3. The smallest absolute Gasteiger partial charge is 0.258 e. The van der Waals surface area contributed by atoms with Gasteiger partial charge in [-0.15, -0.1) is 0 Å². The van der Waals surface area contributed by atoms with E-state index in [9.17, 15) is 9.18 Å². The largest absolute Gasteiger partial charge is 0.338 e. The number of hydrogen-bond donors (Lipinski definition) is 1. The highest BCUT2D eigenvalue weighted by molar-refractivity contribution is 6.03. The number of aromatic nitrogens is 1. The maximum absolute atomic E-state index is 12.8. The summed E-state index contributed by atoms with van der Waals surface area (Å²) in [6, 6.07) is 5.39. The minimum atomic E-state index is -0.368. The number of fused-ring (bicyclic) bond motifs is 1. The Kier molecular flexibility index (Phi) is 3.26. The SMILES string of the molecule is C[C@@H]1CCc2noc(NC(=O)c3ccc(F)cc3)c2C1. The van der Waals surface area contributed by atoms with Crippen molar-refractivity contribution < 1.29 is 13.7 Å². The lowest BCUT2D eigenvalue weighted by atomic mass is 9.89. The molecule has 20 heavy (non-hydrogen) atoms. The predicted molar refractivity (Wildman–Crippen MR) is 72.0 cm³/mol. The number of halogens is 1. The molecule has 5 heteroatoms. The van der Waals surface area contributed by atoms with Crippen LogP contribution in [-0.2, 0) is 12.8 Å². The average molecular weight is 274 g/mol. The number of nitrogens with one attached hydrogen (secondary N) is 1. The first kappa shape index (κ1) is 12.8. The first-order valence-corrected chi connectivity index (χ1v) is 6.68. The summed E-state index contributed by atoms with van der Waals surface area (Å²) in [4.78, 5) is 12.1. The molecule has 0 radical (unpaired) electrons. The summed E-state index contributed by atoms with van der Waals surface area (Å²) in [6.07, 6.45) is 2.83. The summed E-state index contributed by atoms with van der Waals surface area (Å²) in [5, 5.41) is 6.72. The second-order valence-corrected chi connectivity index (χ2v) is 5.25. The number of carbonyl (C=O) groups excluding carboxylic acids is 1. The van der Waals surface area contributed by atoms with Gasteiger partial charge in [0.2, 0.25) is 5.88 Å². The third kappa shape index (κ3) is 2.43. The van der Waals surface area contributed by atoms with Gasteiger partial charge in [0, 0.05) is 11.1 Å². The summed E-state index contributed by atoms with van der Waals surface area (Å²) in [7, 11) is 0. The number of benzene rings is 1.